The molecular formula is C16H13F3N2O2. The molecule has 0 amide bonds. The zero-order valence-corrected chi connectivity index (χ0v) is 11.8. The number of ether oxygens (including phenoxy) is 1. The molecule has 0 spiro atoms. The Labute approximate surface area is 130 Å². The molecule has 2 rings (SSSR count). The molecule has 2 aromatic rings. The average Bonchev–Trinajstić information content (AvgIpc) is 2.47. The summed E-state index contributed by atoms with van der Waals surface area (Å²) in [5.74, 6) is -0.553. The third-order valence-electron chi connectivity index (χ3n) is 2.89. The van der Waals surface area contributed by atoms with Crippen molar-refractivity contribution < 1.29 is 22.7 Å². The number of benzene rings is 2. The Balaban J connectivity index is 2.03. The van der Waals surface area contributed by atoms with E-state index in [0.29, 0.717) is 11.3 Å². The van der Waals surface area contributed by atoms with Crippen LogP contribution in [0, 0.1) is 0 Å². The number of nitrogens with two attached hydrogens (primary N) is 2. The maximum Gasteiger partial charge on any atom is 0.416 e. The molecule has 7 heteroatoms. The van der Waals surface area contributed by atoms with Crippen molar-refractivity contribution in [1.82, 2.24) is 0 Å². The first-order valence-electron chi connectivity index (χ1n) is 6.48. The first-order chi connectivity index (χ1) is 10.8. The second kappa shape index (κ2) is 6.43. The lowest BCUT2D eigenvalue weighted by molar-refractivity contribution is -0.137. The first-order valence-corrected chi connectivity index (χ1v) is 6.48. The molecule has 2 aromatic carbocycles. The minimum Gasteiger partial charge on any atom is -0.421 e. The van der Waals surface area contributed by atoms with Gasteiger partial charge in [-0.15, -0.1) is 0 Å². The molecular weight excluding hydrogens is 309 g/mol. The minimum absolute atomic E-state index is 0.154. The van der Waals surface area contributed by atoms with Gasteiger partial charge in [-0.3, -0.25) is 0 Å². The molecule has 0 aliphatic heterocycles. The number of carbonyl (C=O) groups excluding carboxylic acids is 1. The SMILES string of the molecule is Nc1ccc(OC(=O)C=Cc2ccc(C(F)(F)F)cc2)c(N)c1. The molecule has 0 fully saturated rings. The standard InChI is InChI=1S/C16H13F3N2O2/c17-16(18,19)11-4-1-10(2-5-11)3-8-15(22)23-14-7-6-12(20)9-13(14)21/h1-9H,20-21H2. The predicted molar refractivity (Wildman–Crippen MR) is 81.4 cm³/mol. The number of hydrogen-bond acceptors (Lipinski definition) is 4. The van der Waals surface area contributed by atoms with Crippen LogP contribution in [0.25, 0.3) is 6.08 Å². The maximum atomic E-state index is 12.4. The molecule has 0 saturated heterocycles. The molecule has 0 aliphatic carbocycles. The lowest BCUT2D eigenvalue weighted by atomic mass is 10.1. The number of carbonyl (C=O) groups is 1. The topological polar surface area (TPSA) is 78.3 Å². The molecule has 0 unspecified atom stereocenters. The van der Waals surface area contributed by atoms with Crippen LogP contribution >= 0.6 is 0 Å². The highest BCUT2D eigenvalue weighted by Gasteiger charge is 2.29. The van der Waals surface area contributed by atoms with Gasteiger partial charge in [-0.2, -0.15) is 13.2 Å². The van der Waals surface area contributed by atoms with Gasteiger partial charge in [-0.25, -0.2) is 4.79 Å². The van der Waals surface area contributed by atoms with E-state index in [1.54, 1.807) is 0 Å². The van der Waals surface area contributed by atoms with Gasteiger partial charge in [-0.1, -0.05) is 12.1 Å². The molecule has 120 valence electrons. The van der Waals surface area contributed by atoms with Crippen LogP contribution in [0.2, 0.25) is 0 Å². The van der Waals surface area contributed by atoms with Gasteiger partial charge < -0.3 is 16.2 Å². The zero-order chi connectivity index (χ0) is 17.0. The van der Waals surface area contributed by atoms with Gasteiger partial charge >= 0.3 is 12.1 Å². The second-order valence-electron chi connectivity index (χ2n) is 4.67. The van der Waals surface area contributed by atoms with Crippen molar-refractivity contribution in [2.45, 2.75) is 6.18 Å². The minimum atomic E-state index is -4.39. The number of alkyl halides is 3. The summed E-state index contributed by atoms with van der Waals surface area (Å²) in [5.41, 5.74) is 11.5. The fourth-order valence-corrected chi connectivity index (χ4v) is 1.75. The van der Waals surface area contributed by atoms with Crippen LogP contribution in [0.15, 0.2) is 48.5 Å². The van der Waals surface area contributed by atoms with Crippen molar-refractivity contribution >= 4 is 23.4 Å². The number of rotatable bonds is 3. The molecule has 0 saturated carbocycles. The largest absolute Gasteiger partial charge is 0.421 e. The summed E-state index contributed by atoms with van der Waals surface area (Å²) >= 11 is 0. The Morgan fingerprint density at radius 1 is 1.04 bits per heavy atom. The third kappa shape index (κ3) is 4.50. The van der Waals surface area contributed by atoms with E-state index >= 15 is 0 Å². The van der Waals surface area contributed by atoms with Gasteiger partial charge in [0.05, 0.1) is 11.3 Å². The average molecular weight is 322 g/mol. The van der Waals surface area contributed by atoms with Gasteiger partial charge in [0.25, 0.3) is 0 Å². The fraction of sp³-hybridized carbons (Fsp3) is 0.0625. The lowest BCUT2D eigenvalue weighted by Crippen LogP contribution is -2.06. The normalized spacial score (nSPS) is 11.6. The van der Waals surface area contributed by atoms with E-state index in [-0.39, 0.29) is 11.4 Å². The molecule has 0 radical (unpaired) electrons. The van der Waals surface area contributed by atoms with Crippen LogP contribution in [0.1, 0.15) is 11.1 Å². The Morgan fingerprint density at radius 3 is 2.26 bits per heavy atom. The van der Waals surface area contributed by atoms with Crippen LogP contribution in [0.3, 0.4) is 0 Å². The van der Waals surface area contributed by atoms with Crippen molar-refractivity contribution in [3.05, 3.63) is 59.7 Å². The number of hydrogen-bond donors (Lipinski definition) is 2. The Bertz CT molecular complexity index is 738. The second-order valence-corrected chi connectivity index (χ2v) is 4.67. The summed E-state index contributed by atoms with van der Waals surface area (Å²) in [6.45, 7) is 0. The monoisotopic (exact) mass is 322 g/mol. The van der Waals surface area contributed by atoms with Crippen molar-refractivity contribution in [2.75, 3.05) is 11.5 Å². The Hall–Kier alpha value is -2.96. The van der Waals surface area contributed by atoms with E-state index in [4.69, 9.17) is 16.2 Å². The quantitative estimate of drug-likeness (QED) is 0.392. The van der Waals surface area contributed by atoms with Gasteiger partial charge in [0.2, 0.25) is 0 Å². The van der Waals surface area contributed by atoms with Gasteiger partial charge in [0.1, 0.15) is 0 Å². The number of nitrogen functional groups attached to an aromatic ring is 2. The van der Waals surface area contributed by atoms with Crippen LogP contribution in [-0.2, 0) is 11.0 Å². The summed E-state index contributed by atoms with van der Waals surface area (Å²) < 4.78 is 42.3. The van der Waals surface area contributed by atoms with E-state index in [1.807, 2.05) is 0 Å². The van der Waals surface area contributed by atoms with E-state index in [0.717, 1.165) is 18.2 Å². The molecule has 0 bridgehead atoms. The molecule has 4 nitrogen and oxygen atoms in total. The lowest BCUT2D eigenvalue weighted by Gasteiger charge is -2.06. The summed E-state index contributed by atoms with van der Waals surface area (Å²) in [6.07, 6.45) is -1.96. The van der Waals surface area contributed by atoms with Crippen LogP contribution in [0.4, 0.5) is 24.5 Å². The van der Waals surface area contributed by atoms with Crippen LogP contribution in [-0.4, -0.2) is 5.97 Å². The van der Waals surface area contributed by atoms with Crippen LogP contribution in [0.5, 0.6) is 5.75 Å². The van der Waals surface area contributed by atoms with E-state index in [1.165, 1.54) is 36.4 Å². The fourth-order valence-electron chi connectivity index (χ4n) is 1.75. The van der Waals surface area contributed by atoms with Crippen LogP contribution < -0.4 is 16.2 Å². The summed E-state index contributed by atoms with van der Waals surface area (Å²) in [6, 6.07) is 8.80. The van der Waals surface area contributed by atoms with Crippen molar-refractivity contribution in [1.29, 1.82) is 0 Å². The van der Waals surface area contributed by atoms with Crippen molar-refractivity contribution in [2.24, 2.45) is 0 Å². The predicted octanol–water partition coefficient (Wildman–Crippen LogP) is 3.49. The molecule has 0 aliphatic rings. The van der Waals surface area contributed by atoms with Gasteiger partial charge in [0.15, 0.2) is 5.75 Å². The van der Waals surface area contributed by atoms with E-state index in [2.05, 4.69) is 0 Å². The number of esters is 1. The van der Waals surface area contributed by atoms with E-state index in [9.17, 15) is 18.0 Å². The highest BCUT2D eigenvalue weighted by atomic mass is 19.4. The van der Waals surface area contributed by atoms with E-state index < -0.39 is 17.7 Å². The van der Waals surface area contributed by atoms with Gasteiger partial charge in [-0.05, 0) is 42.0 Å². The Morgan fingerprint density at radius 2 is 1.70 bits per heavy atom. The molecule has 0 aromatic heterocycles. The highest BCUT2D eigenvalue weighted by molar-refractivity contribution is 5.89. The molecule has 0 heterocycles. The summed E-state index contributed by atoms with van der Waals surface area (Å²) in [5, 5.41) is 0. The number of anilines is 2. The number of halogens is 3. The Kier molecular flexibility index (Phi) is 4.59. The zero-order valence-electron chi connectivity index (χ0n) is 11.8. The highest BCUT2D eigenvalue weighted by Crippen LogP contribution is 2.29. The van der Waals surface area contributed by atoms with Crippen molar-refractivity contribution in [3.8, 4) is 5.75 Å². The first kappa shape index (κ1) is 16.4. The van der Waals surface area contributed by atoms with Crippen molar-refractivity contribution in [3.63, 3.8) is 0 Å². The summed E-state index contributed by atoms with van der Waals surface area (Å²) in [7, 11) is 0. The molecule has 0 atom stereocenters. The maximum absolute atomic E-state index is 12.4. The molecule has 4 N–H and O–H groups in total. The summed E-state index contributed by atoms with van der Waals surface area (Å²) in [4.78, 5) is 11.7. The molecule has 23 heavy (non-hydrogen) atoms. The smallest absolute Gasteiger partial charge is 0.416 e. The third-order valence-corrected chi connectivity index (χ3v) is 2.89. The van der Waals surface area contributed by atoms with Gasteiger partial charge in [0, 0.05) is 11.8 Å².